The maximum absolute atomic E-state index is 10.6. The highest BCUT2D eigenvalue weighted by Gasteiger charge is 2.21. The van der Waals surface area contributed by atoms with Crippen LogP contribution in [0.5, 0.6) is 11.5 Å². The Morgan fingerprint density at radius 3 is 2.44 bits per heavy atom. The molecule has 0 saturated heterocycles. The van der Waals surface area contributed by atoms with E-state index in [1.54, 1.807) is 12.1 Å². The lowest BCUT2D eigenvalue weighted by molar-refractivity contribution is 0.0912. The van der Waals surface area contributed by atoms with Crippen molar-refractivity contribution in [2.75, 3.05) is 6.61 Å². The highest BCUT2D eigenvalue weighted by Crippen LogP contribution is 2.35. The van der Waals surface area contributed by atoms with Crippen LogP contribution in [0.1, 0.15) is 22.0 Å². The van der Waals surface area contributed by atoms with Gasteiger partial charge in [-0.3, -0.25) is 4.79 Å². The van der Waals surface area contributed by atoms with Crippen LogP contribution in [0.2, 0.25) is 0 Å². The third kappa shape index (κ3) is 1.95. The summed E-state index contributed by atoms with van der Waals surface area (Å²) in [5.41, 5.74) is 1.67. The molecule has 0 radical (unpaired) electrons. The molecule has 0 N–H and O–H groups in total. The third-order valence-electron chi connectivity index (χ3n) is 2.95. The van der Waals surface area contributed by atoms with E-state index in [4.69, 9.17) is 9.47 Å². The Balaban J connectivity index is 1.84. The first-order valence-corrected chi connectivity index (χ1v) is 5.80. The molecule has 0 saturated carbocycles. The standard InChI is InChI=1S/C15H12O3/c16-9-11-5-7-12(8-6-11)15-10-17-13-3-1-2-4-14(13)18-15/h1-9,15H,10H2/t15-/m0/s1. The minimum atomic E-state index is -0.124. The summed E-state index contributed by atoms with van der Waals surface area (Å²) < 4.78 is 11.5. The lowest BCUT2D eigenvalue weighted by Gasteiger charge is -2.26. The van der Waals surface area contributed by atoms with Gasteiger partial charge < -0.3 is 9.47 Å². The number of carbonyl (C=O) groups is 1. The van der Waals surface area contributed by atoms with Crippen molar-refractivity contribution in [3.8, 4) is 11.5 Å². The maximum Gasteiger partial charge on any atom is 0.162 e. The second-order valence-electron chi connectivity index (χ2n) is 4.15. The van der Waals surface area contributed by atoms with E-state index >= 15 is 0 Å². The van der Waals surface area contributed by atoms with Gasteiger partial charge in [0.15, 0.2) is 17.6 Å². The molecule has 2 aromatic carbocycles. The van der Waals surface area contributed by atoms with Gasteiger partial charge in [0.05, 0.1) is 0 Å². The smallest absolute Gasteiger partial charge is 0.162 e. The van der Waals surface area contributed by atoms with Gasteiger partial charge in [-0.25, -0.2) is 0 Å². The van der Waals surface area contributed by atoms with Gasteiger partial charge in [-0.1, -0.05) is 36.4 Å². The van der Waals surface area contributed by atoms with Crippen molar-refractivity contribution in [2.24, 2.45) is 0 Å². The van der Waals surface area contributed by atoms with E-state index in [2.05, 4.69) is 0 Å². The molecule has 2 aromatic rings. The number of benzene rings is 2. The Kier molecular flexibility index (Phi) is 2.73. The SMILES string of the molecule is O=Cc1ccc([C@@H]2COc3ccccc3O2)cc1. The van der Waals surface area contributed by atoms with Gasteiger partial charge in [0.25, 0.3) is 0 Å². The van der Waals surface area contributed by atoms with Crippen LogP contribution < -0.4 is 9.47 Å². The molecule has 1 aliphatic rings. The van der Waals surface area contributed by atoms with E-state index in [1.807, 2.05) is 36.4 Å². The molecule has 0 bridgehead atoms. The molecule has 1 atom stereocenters. The zero-order valence-corrected chi connectivity index (χ0v) is 9.71. The maximum atomic E-state index is 10.6. The van der Waals surface area contributed by atoms with E-state index in [1.165, 1.54) is 0 Å². The fourth-order valence-corrected chi connectivity index (χ4v) is 1.97. The van der Waals surface area contributed by atoms with Crippen molar-refractivity contribution >= 4 is 6.29 Å². The molecule has 3 nitrogen and oxygen atoms in total. The monoisotopic (exact) mass is 240 g/mol. The molecule has 0 unspecified atom stereocenters. The summed E-state index contributed by atoms with van der Waals surface area (Å²) >= 11 is 0. The lowest BCUT2D eigenvalue weighted by atomic mass is 10.1. The van der Waals surface area contributed by atoms with E-state index in [-0.39, 0.29) is 6.10 Å². The van der Waals surface area contributed by atoms with Gasteiger partial charge in [-0.2, -0.15) is 0 Å². The second kappa shape index (κ2) is 4.53. The summed E-state index contributed by atoms with van der Waals surface area (Å²) in [6.07, 6.45) is 0.706. The van der Waals surface area contributed by atoms with Crippen molar-refractivity contribution in [1.82, 2.24) is 0 Å². The van der Waals surface area contributed by atoms with E-state index in [9.17, 15) is 4.79 Å². The van der Waals surface area contributed by atoms with Crippen LogP contribution >= 0.6 is 0 Å². The van der Waals surface area contributed by atoms with E-state index in [0.717, 1.165) is 23.3 Å². The fraction of sp³-hybridized carbons (Fsp3) is 0.133. The summed E-state index contributed by atoms with van der Waals surface area (Å²) in [4.78, 5) is 10.6. The van der Waals surface area contributed by atoms with Gasteiger partial charge >= 0.3 is 0 Å². The van der Waals surface area contributed by atoms with Gasteiger partial charge in [-0.15, -0.1) is 0 Å². The lowest BCUT2D eigenvalue weighted by Crippen LogP contribution is -2.21. The van der Waals surface area contributed by atoms with Crippen LogP contribution in [0, 0.1) is 0 Å². The average molecular weight is 240 g/mol. The number of ether oxygens (including phenoxy) is 2. The Hall–Kier alpha value is -2.29. The van der Waals surface area contributed by atoms with Crippen molar-refractivity contribution in [2.45, 2.75) is 6.10 Å². The normalized spacial score (nSPS) is 17.2. The van der Waals surface area contributed by atoms with Crippen LogP contribution in [0.15, 0.2) is 48.5 Å². The molecular weight excluding hydrogens is 228 g/mol. The topological polar surface area (TPSA) is 35.5 Å². The van der Waals surface area contributed by atoms with Gasteiger partial charge in [-0.05, 0) is 17.7 Å². The highest BCUT2D eigenvalue weighted by atomic mass is 16.6. The predicted molar refractivity (Wildman–Crippen MR) is 67.1 cm³/mol. The minimum absolute atomic E-state index is 0.124. The number of hydrogen-bond donors (Lipinski definition) is 0. The largest absolute Gasteiger partial charge is 0.485 e. The first-order valence-electron chi connectivity index (χ1n) is 5.80. The molecule has 1 heterocycles. The number of fused-ring (bicyclic) bond motifs is 1. The van der Waals surface area contributed by atoms with Crippen molar-refractivity contribution in [3.63, 3.8) is 0 Å². The summed E-state index contributed by atoms with van der Waals surface area (Å²) in [5.74, 6) is 1.53. The molecule has 3 heteroatoms. The Morgan fingerprint density at radius 1 is 1.00 bits per heavy atom. The highest BCUT2D eigenvalue weighted by molar-refractivity contribution is 5.74. The van der Waals surface area contributed by atoms with Gasteiger partial charge in [0.1, 0.15) is 12.9 Å². The number of rotatable bonds is 2. The minimum Gasteiger partial charge on any atom is -0.485 e. The molecule has 3 rings (SSSR count). The Morgan fingerprint density at radius 2 is 1.72 bits per heavy atom. The second-order valence-corrected chi connectivity index (χ2v) is 4.15. The Labute approximate surface area is 105 Å². The predicted octanol–water partition coefficient (Wildman–Crippen LogP) is 3.01. The molecule has 1 aliphatic heterocycles. The van der Waals surface area contributed by atoms with E-state index < -0.39 is 0 Å². The van der Waals surface area contributed by atoms with Crippen molar-refractivity contribution in [3.05, 3.63) is 59.7 Å². The molecule has 18 heavy (non-hydrogen) atoms. The zero-order chi connectivity index (χ0) is 12.4. The summed E-state index contributed by atoms with van der Waals surface area (Å²) in [5, 5.41) is 0. The first kappa shape index (κ1) is 10.8. The van der Waals surface area contributed by atoms with Gasteiger partial charge in [0, 0.05) is 5.56 Å². The van der Waals surface area contributed by atoms with Crippen molar-refractivity contribution in [1.29, 1.82) is 0 Å². The zero-order valence-electron chi connectivity index (χ0n) is 9.71. The van der Waals surface area contributed by atoms with Crippen LogP contribution in [-0.2, 0) is 0 Å². The first-order chi connectivity index (χ1) is 8.86. The quantitative estimate of drug-likeness (QED) is 0.757. The van der Waals surface area contributed by atoms with Gasteiger partial charge in [0.2, 0.25) is 0 Å². The van der Waals surface area contributed by atoms with Crippen molar-refractivity contribution < 1.29 is 14.3 Å². The third-order valence-corrected chi connectivity index (χ3v) is 2.95. The molecule has 0 aliphatic carbocycles. The van der Waals surface area contributed by atoms with E-state index in [0.29, 0.717) is 12.2 Å². The summed E-state index contributed by atoms with van der Waals surface area (Å²) in [6, 6.07) is 15.0. The number of hydrogen-bond acceptors (Lipinski definition) is 3. The fourth-order valence-electron chi connectivity index (χ4n) is 1.97. The Bertz CT molecular complexity index is 560. The van der Waals surface area contributed by atoms with Crippen LogP contribution in [0.3, 0.4) is 0 Å². The number of para-hydroxylation sites is 2. The van der Waals surface area contributed by atoms with Crippen LogP contribution in [0.4, 0.5) is 0 Å². The molecule has 90 valence electrons. The molecule has 0 spiro atoms. The molecule has 0 fully saturated rings. The molecule has 0 aromatic heterocycles. The van der Waals surface area contributed by atoms with Crippen LogP contribution in [-0.4, -0.2) is 12.9 Å². The number of carbonyl (C=O) groups excluding carboxylic acids is 1. The average Bonchev–Trinajstić information content (AvgIpc) is 2.47. The molecular formula is C15H12O3. The number of aldehydes is 1. The summed E-state index contributed by atoms with van der Waals surface area (Å²) in [6.45, 7) is 0.484. The molecule has 0 amide bonds. The van der Waals surface area contributed by atoms with Crippen LogP contribution in [0.25, 0.3) is 0 Å². The summed E-state index contributed by atoms with van der Waals surface area (Å²) in [7, 11) is 0.